The van der Waals surface area contributed by atoms with Crippen LogP contribution in [-0.4, -0.2) is 18.1 Å². The van der Waals surface area contributed by atoms with Crippen molar-refractivity contribution in [3.8, 4) is 6.07 Å². The number of anilines is 1. The van der Waals surface area contributed by atoms with Gasteiger partial charge in [-0.3, -0.25) is 0 Å². The predicted molar refractivity (Wildman–Crippen MR) is 70.0 cm³/mol. The van der Waals surface area contributed by atoms with Crippen LogP contribution in [0, 0.1) is 11.3 Å². The van der Waals surface area contributed by atoms with E-state index in [0.29, 0.717) is 0 Å². The molecule has 1 N–H and O–H groups in total. The number of nitriles is 1. The minimum atomic E-state index is -0.567. The smallest absolute Gasteiger partial charge is 0.163 e. The fourth-order valence-corrected chi connectivity index (χ4v) is 3.32. The van der Waals surface area contributed by atoms with Gasteiger partial charge in [-0.05, 0) is 18.6 Å². The maximum atomic E-state index is 9.32. The summed E-state index contributed by atoms with van der Waals surface area (Å²) in [6.45, 7) is 2.10. The number of hydrogen-bond donors (Lipinski definition) is 1. The third kappa shape index (κ3) is 2.13. The van der Waals surface area contributed by atoms with Gasteiger partial charge in [-0.15, -0.1) is 11.8 Å². The first kappa shape index (κ1) is 12.3. The van der Waals surface area contributed by atoms with Crippen LogP contribution in [0.1, 0.15) is 19.8 Å². The van der Waals surface area contributed by atoms with Gasteiger partial charge in [0.25, 0.3) is 0 Å². The van der Waals surface area contributed by atoms with Gasteiger partial charge in [-0.25, -0.2) is 0 Å². The molecule has 0 radical (unpaired) electrons. The highest BCUT2D eigenvalue weighted by Crippen LogP contribution is 2.44. The number of para-hydroxylation sites is 1. The summed E-state index contributed by atoms with van der Waals surface area (Å²) in [5.41, 5.74) is 0.488. The second-order valence-electron chi connectivity index (χ2n) is 4.09. The molecule has 0 saturated carbocycles. The Morgan fingerprint density at radius 3 is 2.94 bits per heavy atom. The Kier molecular flexibility index (Phi) is 3.60. The fourth-order valence-electron chi connectivity index (χ4n) is 2.14. The zero-order valence-electron chi connectivity index (χ0n) is 10.1. The van der Waals surface area contributed by atoms with E-state index in [1.165, 1.54) is 0 Å². The summed E-state index contributed by atoms with van der Waals surface area (Å²) < 4.78 is 5.63. The number of ether oxygens (including phenoxy) is 1. The maximum absolute atomic E-state index is 9.32. The molecule has 0 saturated heterocycles. The number of fused-ring (bicyclic) bond motifs is 1. The third-order valence-electron chi connectivity index (χ3n) is 3.00. The van der Waals surface area contributed by atoms with Gasteiger partial charge in [0.15, 0.2) is 5.72 Å². The number of hydrogen-bond acceptors (Lipinski definition) is 4. The summed E-state index contributed by atoms with van der Waals surface area (Å²) >= 11 is 1.58. The van der Waals surface area contributed by atoms with Crippen LogP contribution < -0.4 is 5.32 Å². The zero-order valence-corrected chi connectivity index (χ0v) is 10.9. The quantitative estimate of drug-likeness (QED) is 0.892. The molecule has 1 aromatic rings. The minimum absolute atomic E-state index is 0.220. The predicted octanol–water partition coefficient (Wildman–Crippen LogP) is 3.24. The van der Waals surface area contributed by atoms with Crippen molar-refractivity contribution < 1.29 is 4.74 Å². The highest BCUT2D eigenvalue weighted by Gasteiger charge is 2.43. The average Bonchev–Trinajstić information content (AvgIpc) is 2.38. The van der Waals surface area contributed by atoms with Crippen LogP contribution >= 0.6 is 11.8 Å². The van der Waals surface area contributed by atoms with E-state index in [4.69, 9.17) is 4.74 Å². The van der Waals surface area contributed by atoms with Crippen LogP contribution in [0.15, 0.2) is 29.2 Å². The molecule has 3 nitrogen and oxygen atoms in total. The van der Waals surface area contributed by atoms with Crippen molar-refractivity contribution in [2.45, 2.75) is 35.6 Å². The van der Waals surface area contributed by atoms with E-state index >= 15 is 0 Å². The summed E-state index contributed by atoms with van der Waals surface area (Å²) in [5, 5.41) is 12.5. The van der Waals surface area contributed by atoms with E-state index in [0.717, 1.165) is 23.4 Å². The van der Waals surface area contributed by atoms with E-state index in [-0.39, 0.29) is 5.25 Å². The minimum Gasteiger partial charge on any atom is -0.357 e. The normalized spacial score (nSPS) is 26.8. The maximum Gasteiger partial charge on any atom is 0.163 e. The van der Waals surface area contributed by atoms with Crippen molar-refractivity contribution in [3.05, 3.63) is 24.3 Å². The molecule has 2 rings (SSSR count). The summed E-state index contributed by atoms with van der Waals surface area (Å²) in [4.78, 5) is 1.11. The molecule has 90 valence electrons. The molecule has 1 aliphatic heterocycles. The molecule has 1 aromatic carbocycles. The molecule has 17 heavy (non-hydrogen) atoms. The monoisotopic (exact) mass is 248 g/mol. The van der Waals surface area contributed by atoms with E-state index < -0.39 is 5.72 Å². The lowest BCUT2D eigenvalue weighted by atomic mass is 10.0. The van der Waals surface area contributed by atoms with Crippen LogP contribution in [0.5, 0.6) is 0 Å². The Bertz CT molecular complexity index is 443. The van der Waals surface area contributed by atoms with Gasteiger partial charge >= 0.3 is 0 Å². The molecule has 0 aromatic heterocycles. The lowest BCUT2D eigenvalue weighted by Crippen LogP contribution is -2.50. The molecule has 0 spiro atoms. The van der Waals surface area contributed by atoms with Gasteiger partial charge in [0.2, 0.25) is 0 Å². The second kappa shape index (κ2) is 4.99. The molecule has 0 fully saturated rings. The van der Waals surface area contributed by atoms with E-state index in [1.54, 1.807) is 18.9 Å². The molecule has 0 aliphatic carbocycles. The van der Waals surface area contributed by atoms with Gasteiger partial charge in [0.05, 0.1) is 11.8 Å². The number of nitrogens with zero attached hydrogens (tertiary/aromatic N) is 1. The van der Waals surface area contributed by atoms with Crippen LogP contribution in [0.25, 0.3) is 0 Å². The molecule has 1 aliphatic rings. The molecular formula is C13H16N2OS. The molecule has 0 amide bonds. The molecule has 1 heterocycles. The lowest BCUT2D eigenvalue weighted by molar-refractivity contribution is 0.0138. The van der Waals surface area contributed by atoms with Gasteiger partial charge in [0.1, 0.15) is 5.25 Å². The van der Waals surface area contributed by atoms with Crippen molar-refractivity contribution in [3.63, 3.8) is 0 Å². The fraction of sp³-hybridized carbons (Fsp3) is 0.462. The SMILES string of the molecule is CCCC1(OC)Nc2ccccc2SC1C#N. The van der Waals surface area contributed by atoms with E-state index in [2.05, 4.69) is 18.3 Å². The molecule has 2 atom stereocenters. The number of thioether (sulfide) groups is 1. The molecule has 0 bridgehead atoms. The third-order valence-corrected chi connectivity index (χ3v) is 4.34. The highest BCUT2D eigenvalue weighted by molar-refractivity contribution is 8.00. The summed E-state index contributed by atoms with van der Waals surface area (Å²) in [5.74, 6) is 0. The Balaban J connectivity index is 2.39. The van der Waals surface area contributed by atoms with Crippen molar-refractivity contribution in [1.29, 1.82) is 5.26 Å². The number of rotatable bonds is 3. The Labute approximate surface area is 106 Å². The van der Waals surface area contributed by atoms with Gasteiger partial charge < -0.3 is 10.1 Å². The first-order chi connectivity index (χ1) is 8.25. The van der Waals surface area contributed by atoms with Crippen molar-refractivity contribution in [2.75, 3.05) is 12.4 Å². The topological polar surface area (TPSA) is 45.0 Å². The average molecular weight is 248 g/mol. The largest absolute Gasteiger partial charge is 0.357 e. The molecular weight excluding hydrogens is 232 g/mol. The second-order valence-corrected chi connectivity index (χ2v) is 5.24. The van der Waals surface area contributed by atoms with Crippen LogP contribution in [0.2, 0.25) is 0 Å². The van der Waals surface area contributed by atoms with Crippen molar-refractivity contribution in [1.82, 2.24) is 0 Å². The molecule has 4 heteroatoms. The Morgan fingerprint density at radius 2 is 2.29 bits per heavy atom. The summed E-state index contributed by atoms with van der Waals surface area (Å²) in [6.07, 6.45) is 1.80. The van der Waals surface area contributed by atoms with E-state index in [1.807, 2.05) is 24.3 Å². The highest BCUT2D eigenvalue weighted by atomic mass is 32.2. The lowest BCUT2D eigenvalue weighted by Gasteiger charge is -2.41. The zero-order chi connectivity index (χ0) is 12.3. The van der Waals surface area contributed by atoms with Gasteiger partial charge in [0, 0.05) is 12.0 Å². The molecule has 2 unspecified atom stereocenters. The number of methoxy groups -OCH3 is 1. The number of benzene rings is 1. The van der Waals surface area contributed by atoms with E-state index in [9.17, 15) is 5.26 Å². The first-order valence-corrected chi connectivity index (χ1v) is 6.62. The van der Waals surface area contributed by atoms with Crippen molar-refractivity contribution >= 4 is 17.4 Å². The van der Waals surface area contributed by atoms with Crippen molar-refractivity contribution in [2.24, 2.45) is 0 Å². The van der Waals surface area contributed by atoms with Gasteiger partial charge in [-0.1, -0.05) is 25.5 Å². The Morgan fingerprint density at radius 1 is 1.53 bits per heavy atom. The Hall–Kier alpha value is -1.18. The number of nitrogens with one attached hydrogen (secondary N) is 1. The van der Waals surface area contributed by atoms with Gasteiger partial charge in [-0.2, -0.15) is 5.26 Å². The van der Waals surface area contributed by atoms with Crippen LogP contribution in [-0.2, 0) is 4.74 Å². The standard InChI is InChI=1S/C13H16N2OS/c1-3-8-13(16-2)12(9-14)17-11-7-5-4-6-10(11)15-13/h4-7,12,15H,3,8H2,1-2H3. The first-order valence-electron chi connectivity index (χ1n) is 5.74. The summed E-state index contributed by atoms with van der Waals surface area (Å²) in [6, 6.07) is 10.4. The van der Waals surface area contributed by atoms with Crippen LogP contribution in [0.3, 0.4) is 0 Å². The summed E-state index contributed by atoms with van der Waals surface area (Å²) in [7, 11) is 1.67. The van der Waals surface area contributed by atoms with Crippen LogP contribution in [0.4, 0.5) is 5.69 Å².